The van der Waals surface area contributed by atoms with Gasteiger partial charge in [-0.1, -0.05) is 12.2 Å². The number of phenols is 1. The summed E-state index contributed by atoms with van der Waals surface area (Å²) in [5.74, 6) is 2.56. The van der Waals surface area contributed by atoms with Crippen LogP contribution in [0.15, 0.2) is 60.8 Å². The number of hydrogen-bond acceptors (Lipinski definition) is 8. The molecule has 0 unspecified atom stereocenters. The normalized spacial score (nSPS) is 10.9. The lowest BCUT2D eigenvalue weighted by atomic mass is 10.1. The average molecular weight is 492 g/mol. The van der Waals surface area contributed by atoms with Gasteiger partial charge in [0.2, 0.25) is 5.75 Å². The summed E-state index contributed by atoms with van der Waals surface area (Å²) in [6.07, 6.45) is 6.74. The van der Waals surface area contributed by atoms with Gasteiger partial charge in [-0.05, 0) is 48.0 Å². The van der Waals surface area contributed by atoms with Gasteiger partial charge in [-0.15, -0.1) is 0 Å². The number of allylic oxidation sites excluding steroid dienone is 1. The molecule has 0 aromatic heterocycles. The molecule has 8 nitrogen and oxygen atoms in total. The zero-order valence-corrected chi connectivity index (χ0v) is 20.8. The molecule has 0 bridgehead atoms. The fourth-order valence-electron chi connectivity index (χ4n) is 3.47. The molecule has 0 atom stereocenters. The van der Waals surface area contributed by atoms with Crippen molar-refractivity contribution in [3.63, 3.8) is 0 Å². The van der Waals surface area contributed by atoms with Gasteiger partial charge in [0.15, 0.2) is 28.8 Å². The molecule has 0 spiro atoms. The molecule has 3 aromatic rings. The smallest absolute Gasteiger partial charge is 0.203 e. The largest absolute Gasteiger partial charge is 0.508 e. The van der Waals surface area contributed by atoms with E-state index in [1.807, 2.05) is 30.4 Å². The molecule has 36 heavy (non-hydrogen) atoms. The highest BCUT2D eigenvalue weighted by Crippen LogP contribution is 2.39. The van der Waals surface area contributed by atoms with Crippen LogP contribution < -0.4 is 29.0 Å². The molecule has 3 rings (SSSR count). The zero-order chi connectivity index (χ0) is 26.1. The predicted molar refractivity (Wildman–Crippen MR) is 140 cm³/mol. The topological polar surface area (TPSA) is 95.5 Å². The van der Waals surface area contributed by atoms with Crippen LogP contribution in [-0.2, 0) is 0 Å². The molecule has 0 radical (unpaired) electrons. The molecule has 0 heterocycles. The fraction of sp³-hybridized carbons (Fsp3) is 0.179. The summed E-state index contributed by atoms with van der Waals surface area (Å²) in [5.41, 5.74) is 2.75. The molecule has 0 aliphatic rings. The molecule has 8 heteroatoms. The molecule has 0 saturated heterocycles. The van der Waals surface area contributed by atoms with Crippen molar-refractivity contribution in [3.05, 3.63) is 77.5 Å². The van der Waals surface area contributed by atoms with E-state index in [4.69, 9.17) is 23.7 Å². The Morgan fingerprint density at radius 1 is 0.750 bits per heavy atom. The first-order valence-corrected chi connectivity index (χ1v) is 10.9. The van der Waals surface area contributed by atoms with E-state index in [9.17, 15) is 9.90 Å². The minimum Gasteiger partial charge on any atom is -0.508 e. The first-order valence-electron chi connectivity index (χ1n) is 10.9. The number of ether oxygens (including phenoxy) is 5. The van der Waals surface area contributed by atoms with E-state index in [1.165, 1.54) is 18.2 Å². The predicted octanol–water partition coefficient (Wildman–Crippen LogP) is 5.41. The third-order valence-electron chi connectivity index (χ3n) is 5.32. The number of hydrogen-bond donors (Lipinski definition) is 2. The maximum atomic E-state index is 12.4. The highest BCUT2D eigenvalue weighted by atomic mass is 16.5. The number of nitrogens with one attached hydrogen (secondary N) is 1. The number of carbonyl (C=O) groups excluding carboxylic acids is 1. The number of carbonyl (C=O) groups is 1. The van der Waals surface area contributed by atoms with Crippen molar-refractivity contribution < 1.29 is 33.6 Å². The highest BCUT2D eigenvalue weighted by molar-refractivity contribution is 6.04. The van der Waals surface area contributed by atoms with Gasteiger partial charge in [0.05, 0.1) is 35.5 Å². The Morgan fingerprint density at radius 2 is 1.33 bits per heavy atom. The number of aromatic hydroxyl groups is 1. The standard InChI is InChI=1S/C28H29NO7/c1-32-24-16-20(7-6-18-14-26(34-3)28(36-5)27(15-18)35-4)22(17-25(24)33-2)29-13-12-23(31)19-8-10-21(30)11-9-19/h6-17,29-30H,1-5H3. The summed E-state index contributed by atoms with van der Waals surface area (Å²) < 4.78 is 27.2. The average Bonchev–Trinajstić information content (AvgIpc) is 2.91. The quantitative estimate of drug-likeness (QED) is 0.209. The first-order chi connectivity index (χ1) is 17.4. The van der Waals surface area contributed by atoms with Crippen molar-refractivity contribution >= 4 is 23.6 Å². The van der Waals surface area contributed by atoms with Crippen molar-refractivity contribution in [1.29, 1.82) is 0 Å². The monoisotopic (exact) mass is 491 g/mol. The van der Waals surface area contributed by atoms with Gasteiger partial charge < -0.3 is 34.1 Å². The number of ketones is 1. The molecule has 0 amide bonds. The van der Waals surface area contributed by atoms with Crippen LogP contribution in [0.5, 0.6) is 34.5 Å². The van der Waals surface area contributed by atoms with E-state index in [1.54, 1.807) is 59.9 Å². The van der Waals surface area contributed by atoms with Crippen LogP contribution in [0.4, 0.5) is 5.69 Å². The lowest BCUT2D eigenvalue weighted by Crippen LogP contribution is -1.99. The Labute approximate surface area is 210 Å². The van der Waals surface area contributed by atoms with Crippen LogP contribution in [0, 0.1) is 0 Å². The van der Waals surface area contributed by atoms with Crippen molar-refractivity contribution in [2.75, 3.05) is 40.9 Å². The molecule has 0 aliphatic carbocycles. The molecule has 188 valence electrons. The van der Waals surface area contributed by atoms with Gasteiger partial charge in [-0.2, -0.15) is 0 Å². The van der Waals surface area contributed by atoms with E-state index in [0.29, 0.717) is 40.0 Å². The summed E-state index contributed by atoms with van der Waals surface area (Å²) in [4.78, 5) is 12.4. The second-order valence-electron chi connectivity index (χ2n) is 7.48. The van der Waals surface area contributed by atoms with Crippen LogP contribution >= 0.6 is 0 Å². The van der Waals surface area contributed by atoms with Gasteiger partial charge in [0.25, 0.3) is 0 Å². The number of methoxy groups -OCH3 is 5. The van der Waals surface area contributed by atoms with Crippen LogP contribution in [-0.4, -0.2) is 46.4 Å². The minimum atomic E-state index is -0.211. The van der Waals surface area contributed by atoms with Gasteiger partial charge >= 0.3 is 0 Å². The summed E-state index contributed by atoms with van der Waals surface area (Å²) in [6, 6.07) is 13.3. The first kappa shape index (κ1) is 26.0. The Balaban J connectivity index is 1.93. The molecule has 2 N–H and O–H groups in total. The Kier molecular flexibility index (Phi) is 8.83. The maximum Gasteiger partial charge on any atom is 0.203 e. The molecule has 0 saturated carbocycles. The Bertz CT molecular complexity index is 1240. The van der Waals surface area contributed by atoms with E-state index in [0.717, 1.165) is 11.1 Å². The Hall–Kier alpha value is -4.59. The fourth-order valence-corrected chi connectivity index (χ4v) is 3.47. The lowest BCUT2D eigenvalue weighted by molar-refractivity contribution is 0.104. The summed E-state index contributed by atoms with van der Waals surface area (Å²) >= 11 is 0. The number of rotatable bonds is 11. The number of phenolic OH excluding ortho intramolecular Hbond substituents is 1. The van der Waals surface area contributed by atoms with E-state index >= 15 is 0 Å². The summed E-state index contributed by atoms with van der Waals surface area (Å²) in [6.45, 7) is 0. The third kappa shape index (κ3) is 6.09. The SMILES string of the molecule is COc1cc(C=Cc2cc(OC)c(OC)c(OC)c2)c(NC=CC(=O)c2ccc(O)cc2)cc1OC. The summed E-state index contributed by atoms with van der Waals surface area (Å²) in [5, 5.41) is 12.6. The van der Waals surface area contributed by atoms with Gasteiger partial charge in [-0.3, -0.25) is 4.79 Å². The molecule has 0 fully saturated rings. The van der Waals surface area contributed by atoms with Gasteiger partial charge in [0, 0.05) is 35.2 Å². The Morgan fingerprint density at radius 3 is 1.89 bits per heavy atom. The van der Waals surface area contributed by atoms with Crippen LogP contribution in [0.1, 0.15) is 21.5 Å². The van der Waals surface area contributed by atoms with Crippen molar-refractivity contribution in [1.82, 2.24) is 0 Å². The van der Waals surface area contributed by atoms with Crippen molar-refractivity contribution in [3.8, 4) is 34.5 Å². The van der Waals surface area contributed by atoms with Gasteiger partial charge in [-0.25, -0.2) is 0 Å². The molecule has 3 aromatic carbocycles. The van der Waals surface area contributed by atoms with Crippen molar-refractivity contribution in [2.24, 2.45) is 0 Å². The number of anilines is 1. The number of benzene rings is 3. The van der Waals surface area contributed by atoms with Crippen LogP contribution in [0.2, 0.25) is 0 Å². The van der Waals surface area contributed by atoms with Crippen molar-refractivity contribution in [2.45, 2.75) is 0 Å². The second-order valence-corrected chi connectivity index (χ2v) is 7.48. The maximum absolute atomic E-state index is 12.4. The highest BCUT2D eigenvalue weighted by Gasteiger charge is 2.13. The zero-order valence-electron chi connectivity index (χ0n) is 20.8. The van der Waals surface area contributed by atoms with E-state index < -0.39 is 0 Å². The van der Waals surface area contributed by atoms with Crippen LogP contribution in [0.25, 0.3) is 12.2 Å². The molecule has 0 aliphatic heterocycles. The minimum absolute atomic E-state index is 0.0995. The molecular weight excluding hydrogens is 462 g/mol. The van der Waals surface area contributed by atoms with Crippen LogP contribution in [0.3, 0.4) is 0 Å². The summed E-state index contributed by atoms with van der Waals surface area (Å²) in [7, 11) is 7.79. The van der Waals surface area contributed by atoms with E-state index in [-0.39, 0.29) is 11.5 Å². The molecular formula is C28H29NO7. The third-order valence-corrected chi connectivity index (χ3v) is 5.32. The lowest BCUT2D eigenvalue weighted by Gasteiger charge is -2.14. The van der Waals surface area contributed by atoms with Gasteiger partial charge in [0.1, 0.15) is 5.75 Å². The van der Waals surface area contributed by atoms with E-state index in [2.05, 4.69) is 5.32 Å². The second kappa shape index (κ2) is 12.2.